The zero-order valence-electron chi connectivity index (χ0n) is 15.9. The smallest absolute Gasteiger partial charge is 0.278 e. The summed E-state index contributed by atoms with van der Waals surface area (Å²) >= 11 is 2.91. The van der Waals surface area contributed by atoms with E-state index in [9.17, 15) is 9.59 Å². The predicted octanol–water partition coefficient (Wildman–Crippen LogP) is 5.22. The standard InChI is InChI=1S/C22H17N3O3S2/c26-20(18-8-4-10-29-18)19-14-6-1-2-7-17(14)30-22(19)24-21(27)15-11-16(28-25-15)13-5-3-9-23-12-13/h3-5,8-12H,1-2,6-7H2,(H,24,27). The number of amides is 1. The van der Waals surface area contributed by atoms with Gasteiger partial charge in [0.1, 0.15) is 5.00 Å². The third kappa shape index (κ3) is 3.48. The molecule has 1 N–H and O–H groups in total. The summed E-state index contributed by atoms with van der Waals surface area (Å²) in [5, 5.41) is 9.30. The van der Waals surface area contributed by atoms with Crippen LogP contribution in [0.5, 0.6) is 0 Å². The van der Waals surface area contributed by atoms with Gasteiger partial charge in [0.15, 0.2) is 11.5 Å². The number of rotatable bonds is 5. The molecule has 0 saturated heterocycles. The van der Waals surface area contributed by atoms with Crippen LogP contribution >= 0.6 is 22.7 Å². The summed E-state index contributed by atoms with van der Waals surface area (Å²) in [6, 6.07) is 8.89. The highest BCUT2D eigenvalue weighted by molar-refractivity contribution is 7.17. The van der Waals surface area contributed by atoms with Gasteiger partial charge in [0.25, 0.3) is 5.91 Å². The normalized spacial score (nSPS) is 13.1. The maximum Gasteiger partial charge on any atom is 0.278 e. The quantitative estimate of drug-likeness (QED) is 0.434. The molecule has 30 heavy (non-hydrogen) atoms. The number of aromatic nitrogens is 2. The fourth-order valence-corrected chi connectivity index (χ4v) is 5.57. The van der Waals surface area contributed by atoms with E-state index in [0.717, 1.165) is 36.8 Å². The van der Waals surface area contributed by atoms with Crippen LogP contribution in [0.25, 0.3) is 11.3 Å². The topological polar surface area (TPSA) is 85.1 Å². The lowest BCUT2D eigenvalue weighted by molar-refractivity contribution is 0.101. The van der Waals surface area contributed by atoms with Crippen LogP contribution in [0.3, 0.4) is 0 Å². The second kappa shape index (κ2) is 7.97. The number of carbonyl (C=O) groups excluding carboxylic acids is 2. The van der Waals surface area contributed by atoms with Gasteiger partial charge in [-0.05, 0) is 54.8 Å². The van der Waals surface area contributed by atoms with Crippen molar-refractivity contribution in [2.24, 2.45) is 0 Å². The van der Waals surface area contributed by atoms with Crippen molar-refractivity contribution in [1.29, 1.82) is 0 Å². The van der Waals surface area contributed by atoms with Gasteiger partial charge >= 0.3 is 0 Å². The van der Waals surface area contributed by atoms with E-state index >= 15 is 0 Å². The molecular formula is C22H17N3O3S2. The van der Waals surface area contributed by atoms with E-state index in [2.05, 4.69) is 15.5 Å². The molecule has 0 atom stereocenters. The Labute approximate surface area is 180 Å². The fraction of sp³-hybridized carbons (Fsp3) is 0.182. The van der Waals surface area contributed by atoms with Crippen LogP contribution in [0.1, 0.15) is 49.0 Å². The molecule has 0 bridgehead atoms. The Bertz CT molecular complexity index is 1210. The first-order valence-corrected chi connectivity index (χ1v) is 11.3. The van der Waals surface area contributed by atoms with E-state index in [1.165, 1.54) is 27.6 Å². The van der Waals surface area contributed by atoms with E-state index in [1.54, 1.807) is 24.5 Å². The molecule has 0 aromatic carbocycles. The summed E-state index contributed by atoms with van der Waals surface area (Å²) in [4.78, 5) is 32.0. The van der Waals surface area contributed by atoms with Crippen molar-refractivity contribution >= 4 is 39.4 Å². The van der Waals surface area contributed by atoms with Gasteiger partial charge in [0.05, 0.1) is 10.4 Å². The molecule has 1 aliphatic carbocycles. The Morgan fingerprint density at radius 3 is 2.83 bits per heavy atom. The van der Waals surface area contributed by atoms with Crippen molar-refractivity contribution in [3.8, 4) is 11.3 Å². The van der Waals surface area contributed by atoms with Crippen molar-refractivity contribution in [1.82, 2.24) is 10.1 Å². The summed E-state index contributed by atoms with van der Waals surface area (Å²) in [5.41, 5.74) is 2.61. The Kier molecular flexibility index (Phi) is 5.02. The highest BCUT2D eigenvalue weighted by Gasteiger charge is 2.28. The van der Waals surface area contributed by atoms with Crippen molar-refractivity contribution in [3.05, 3.63) is 74.7 Å². The number of pyridine rings is 1. The lowest BCUT2D eigenvalue weighted by Gasteiger charge is -2.12. The number of nitrogens with zero attached hydrogens (tertiary/aromatic N) is 2. The number of fused-ring (bicyclic) bond motifs is 1. The number of anilines is 1. The van der Waals surface area contributed by atoms with Gasteiger partial charge in [-0.1, -0.05) is 11.2 Å². The minimum atomic E-state index is -0.396. The number of nitrogens with one attached hydrogen (secondary N) is 1. The van der Waals surface area contributed by atoms with E-state index in [1.807, 2.05) is 23.6 Å². The molecule has 0 radical (unpaired) electrons. The number of hydrogen-bond donors (Lipinski definition) is 1. The molecule has 150 valence electrons. The number of aryl methyl sites for hydroxylation is 1. The maximum atomic E-state index is 13.2. The zero-order chi connectivity index (χ0) is 20.5. The summed E-state index contributed by atoms with van der Waals surface area (Å²) in [5.74, 6) is 0.0391. The molecule has 8 heteroatoms. The fourth-order valence-electron chi connectivity index (χ4n) is 3.62. The SMILES string of the molecule is O=C(Nc1sc2c(c1C(=O)c1cccs1)CCCC2)c1cc(-c2cccnc2)on1. The Balaban J connectivity index is 1.46. The summed E-state index contributed by atoms with van der Waals surface area (Å²) in [6.45, 7) is 0. The molecule has 1 aliphatic rings. The molecule has 0 spiro atoms. The molecule has 6 nitrogen and oxygen atoms in total. The van der Waals surface area contributed by atoms with Gasteiger partial charge in [0, 0.05) is 28.9 Å². The Hall–Kier alpha value is -3.10. The molecule has 0 aliphatic heterocycles. The van der Waals surface area contributed by atoms with Crippen LogP contribution in [-0.4, -0.2) is 21.8 Å². The molecule has 4 aromatic heterocycles. The second-order valence-electron chi connectivity index (χ2n) is 6.99. The van der Waals surface area contributed by atoms with Gasteiger partial charge in [-0.3, -0.25) is 14.6 Å². The lowest BCUT2D eigenvalue weighted by atomic mass is 9.93. The van der Waals surface area contributed by atoms with Crippen molar-refractivity contribution < 1.29 is 14.1 Å². The number of hydrogen-bond acceptors (Lipinski definition) is 7. The largest absolute Gasteiger partial charge is 0.355 e. The maximum absolute atomic E-state index is 13.2. The molecule has 4 aromatic rings. The first-order valence-electron chi connectivity index (χ1n) is 9.62. The molecule has 0 saturated carbocycles. The van der Waals surface area contributed by atoms with Crippen LogP contribution in [0.15, 0.2) is 52.6 Å². The van der Waals surface area contributed by atoms with E-state index < -0.39 is 5.91 Å². The highest BCUT2D eigenvalue weighted by atomic mass is 32.1. The van der Waals surface area contributed by atoms with Gasteiger partial charge in [-0.2, -0.15) is 0 Å². The van der Waals surface area contributed by atoms with Crippen molar-refractivity contribution in [2.45, 2.75) is 25.7 Å². The minimum absolute atomic E-state index is 0.0316. The summed E-state index contributed by atoms with van der Waals surface area (Å²) < 4.78 is 5.31. The lowest BCUT2D eigenvalue weighted by Crippen LogP contribution is -2.14. The number of ketones is 1. The van der Waals surface area contributed by atoms with Crippen LogP contribution in [0, 0.1) is 0 Å². The minimum Gasteiger partial charge on any atom is -0.355 e. The average Bonchev–Trinajstić information content (AvgIpc) is 3.53. The molecule has 0 fully saturated rings. The predicted molar refractivity (Wildman–Crippen MR) is 116 cm³/mol. The molecule has 1 amide bonds. The third-order valence-corrected chi connectivity index (χ3v) is 7.14. The first-order chi connectivity index (χ1) is 14.7. The average molecular weight is 436 g/mol. The van der Waals surface area contributed by atoms with Gasteiger partial charge < -0.3 is 9.84 Å². The van der Waals surface area contributed by atoms with Crippen molar-refractivity contribution in [2.75, 3.05) is 5.32 Å². The summed E-state index contributed by atoms with van der Waals surface area (Å²) in [7, 11) is 0. The van der Waals surface area contributed by atoms with Crippen LogP contribution < -0.4 is 5.32 Å². The van der Waals surface area contributed by atoms with E-state index in [-0.39, 0.29) is 11.5 Å². The van der Waals surface area contributed by atoms with Gasteiger partial charge in [-0.25, -0.2) is 0 Å². The number of carbonyl (C=O) groups is 2. The monoisotopic (exact) mass is 435 g/mol. The van der Waals surface area contributed by atoms with Crippen LogP contribution in [0.4, 0.5) is 5.00 Å². The van der Waals surface area contributed by atoms with E-state index in [0.29, 0.717) is 21.2 Å². The summed E-state index contributed by atoms with van der Waals surface area (Å²) in [6.07, 6.45) is 7.27. The van der Waals surface area contributed by atoms with Crippen molar-refractivity contribution in [3.63, 3.8) is 0 Å². The molecule has 4 heterocycles. The molecule has 5 rings (SSSR count). The van der Waals surface area contributed by atoms with Gasteiger partial charge in [-0.15, -0.1) is 22.7 Å². The molecule has 0 unspecified atom stereocenters. The number of thiophene rings is 2. The second-order valence-corrected chi connectivity index (χ2v) is 9.05. The zero-order valence-corrected chi connectivity index (χ0v) is 17.5. The Morgan fingerprint density at radius 1 is 1.13 bits per heavy atom. The Morgan fingerprint density at radius 2 is 2.03 bits per heavy atom. The van der Waals surface area contributed by atoms with Crippen LogP contribution in [0.2, 0.25) is 0 Å². The first kappa shape index (κ1) is 18.9. The molecular weight excluding hydrogens is 418 g/mol. The van der Waals surface area contributed by atoms with E-state index in [4.69, 9.17) is 4.52 Å². The third-order valence-electron chi connectivity index (χ3n) is 5.06. The van der Waals surface area contributed by atoms with Crippen LogP contribution in [-0.2, 0) is 12.8 Å². The van der Waals surface area contributed by atoms with Gasteiger partial charge in [0.2, 0.25) is 5.78 Å². The highest BCUT2D eigenvalue weighted by Crippen LogP contribution is 2.40.